The van der Waals surface area contributed by atoms with Gasteiger partial charge in [0.25, 0.3) is 0 Å². The monoisotopic (exact) mass is 199 g/mol. The Balaban J connectivity index is 2.20. The topological polar surface area (TPSA) is 40.5 Å². The van der Waals surface area contributed by atoms with Gasteiger partial charge in [-0.05, 0) is 38.5 Å². The fraction of sp³-hybridized carbons (Fsp3) is 0.909. The number of hydrogen-bond acceptors (Lipinski definition) is 2. The molecule has 1 atom stereocenters. The Morgan fingerprint density at radius 1 is 1.50 bits per heavy atom. The summed E-state index contributed by atoms with van der Waals surface area (Å²) < 4.78 is 0. The smallest absolute Gasteiger partial charge is 0.222 e. The molecule has 1 N–H and O–H groups in total. The van der Waals surface area contributed by atoms with Crippen LogP contribution in [0.25, 0.3) is 0 Å². The predicted octanol–water partition coefficient (Wildman–Crippen LogP) is 1.41. The number of nitrogens with zero attached hydrogens (tertiary/aromatic N) is 1. The van der Waals surface area contributed by atoms with E-state index in [0.717, 1.165) is 18.8 Å². The van der Waals surface area contributed by atoms with Crippen molar-refractivity contribution in [3.05, 3.63) is 0 Å². The molecule has 1 unspecified atom stereocenters. The molecule has 1 fully saturated rings. The van der Waals surface area contributed by atoms with Gasteiger partial charge in [-0.3, -0.25) is 4.79 Å². The molecule has 0 heterocycles. The molecule has 0 radical (unpaired) electrons. The van der Waals surface area contributed by atoms with Crippen LogP contribution in [-0.4, -0.2) is 35.6 Å². The summed E-state index contributed by atoms with van der Waals surface area (Å²) >= 11 is 0. The summed E-state index contributed by atoms with van der Waals surface area (Å²) in [7, 11) is 1.89. The molecule has 0 aromatic heterocycles. The summed E-state index contributed by atoms with van der Waals surface area (Å²) in [6.07, 6.45) is 4.66. The molecular formula is C11H21NO2. The fourth-order valence-corrected chi connectivity index (χ4v) is 1.69. The largest absolute Gasteiger partial charge is 0.396 e. The van der Waals surface area contributed by atoms with Crippen LogP contribution < -0.4 is 0 Å². The Bertz CT molecular complexity index is 190. The van der Waals surface area contributed by atoms with Crippen molar-refractivity contribution in [2.45, 2.75) is 45.1 Å². The molecule has 0 bridgehead atoms. The van der Waals surface area contributed by atoms with Crippen LogP contribution in [0.4, 0.5) is 0 Å². The van der Waals surface area contributed by atoms with Crippen molar-refractivity contribution in [2.75, 3.05) is 13.7 Å². The first-order valence-electron chi connectivity index (χ1n) is 5.53. The lowest BCUT2D eigenvalue weighted by atomic mass is 10.1. The highest BCUT2D eigenvalue weighted by Crippen LogP contribution is 2.34. The predicted molar refractivity (Wildman–Crippen MR) is 55.9 cm³/mol. The van der Waals surface area contributed by atoms with E-state index in [2.05, 4.69) is 6.92 Å². The van der Waals surface area contributed by atoms with Crippen LogP contribution in [0.15, 0.2) is 0 Å². The highest BCUT2D eigenvalue weighted by Gasteiger charge is 2.31. The molecule has 0 aromatic carbocycles. The van der Waals surface area contributed by atoms with E-state index in [0.29, 0.717) is 12.5 Å². The molecule has 0 aliphatic heterocycles. The highest BCUT2D eigenvalue weighted by molar-refractivity contribution is 5.76. The van der Waals surface area contributed by atoms with Crippen LogP contribution in [0.5, 0.6) is 0 Å². The standard InChI is InChI=1S/C11H21NO2/c1-9(10-6-7-10)12(2)11(14)5-3-4-8-13/h9-10,13H,3-8H2,1-2H3. The van der Waals surface area contributed by atoms with Gasteiger partial charge in [-0.2, -0.15) is 0 Å². The molecule has 1 saturated carbocycles. The van der Waals surface area contributed by atoms with Crippen LogP contribution in [0.2, 0.25) is 0 Å². The number of rotatable bonds is 6. The molecule has 0 spiro atoms. The summed E-state index contributed by atoms with van der Waals surface area (Å²) in [6.45, 7) is 2.32. The van der Waals surface area contributed by atoms with Gasteiger partial charge in [0.15, 0.2) is 0 Å². The van der Waals surface area contributed by atoms with E-state index in [9.17, 15) is 4.79 Å². The van der Waals surface area contributed by atoms with Crippen molar-refractivity contribution in [2.24, 2.45) is 5.92 Å². The zero-order valence-corrected chi connectivity index (χ0v) is 9.20. The molecule has 0 aromatic rings. The van der Waals surface area contributed by atoms with Crippen LogP contribution in [0.1, 0.15) is 39.0 Å². The highest BCUT2D eigenvalue weighted by atomic mass is 16.3. The Hall–Kier alpha value is -0.570. The van der Waals surface area contributed by atoms with Crippen molar-refractivity contribution in [3.63, 3.8) is 0 Å². The fourth-order valence-electron chi connectivity index (χ4n) is 1.69. The third-order valence-corrected chi connectivity index (χ3v) is 3.11. The molecule has 1 aliphatic rings. The number of carbonyl (C=O) groups excluding carboxylic acids is 1. The van der Waals surface area contributed by atoms with Gasteiger partial charge < -0.3 is 10.0 Å². The summed E-state index contributed by atoms with van der Waals surface area (Å²) in [6, 6.07) is 0.400. The second-order valence-electron chi connectivity index (χ2n) is 4.26. The van der Waals surface area contributed by atoms with Crippen molar-refractivity contribution in [1.29, 1.82) is 0 Å². The Labute approximate surface area is 86.1 Å². The quantitative estimate of drug-likeness (QED) is 0.657. The normalized spacial score (nSPS) is 17.9. The Morgan fingerprint density at radius 2 is 2.14 bits per heavy atom. The van der Waals surface area contributed by atoms with Gasteiger partial charge >= 0.3 is 0 Å². The van der Waals surface area contributed by atoms with Crippen LogP contribution in [0.3, 0.4) is 0 Å². The molecule has 0 saturated heterocycles. The van der Waals surface area contributed by atoms with E-state index < -0.39 is 0 Å². The third kappa shape index (κ3) is 3.29. The molecular weight excluding hydrogens is 178 g/mol. The number of hydrogen-bond donors (Lipinski definition) is 1. The molecule has 1 amide bonds. The van der Waals surface area contributed by atoms with Crippen molar-refractivity contribution in [1.82, 2.24) is 4.90 Å². The minimum atomic E-state index is 0.190. The number of aliphatic hydroxyl groups excluding tert-OH is 1. The van der Waals surface area contributed by atoms with E-state index in [1.54, 1.807) is 0 Å². The van der Waals surface area contributed by atoms with Crippen molar-refractivity contribution < 1.29 is 9.90 Å². The zero-order valence-electron chi connectivity index (χ0n) is 9.20. The number of amides is 1. The summed E-state index contributed by atoms with van der Waals surface area (Å²) in [5.74, 6) is 0.958. The summed E-state index contributed by atoms with van der Waals surface area (Å²) in [5.41, 5.74) is 0. The second-order valence-corrected chi connectivity index (χ2v) is 4.26. The third-order valence-electron chi connectivity index (χ3n) is 3.11. The lowest BCUT2D eigenvalue weighted by Gasteiger charge is -2.24. The van der Waals surface area contributed by atoms with Crippen molar-refractivity contribution >= 4 is 5.91 Å². The molecule has 3 nitrogen and oxygen atoms in total. The van der Waals surface area contributed by atoms with E-state index in [-0.39, 0.29) is 12.5 Å². The molecule has 1 rings (SSSR count). The van der Waals surface area contributed by atoms with E-state index in [1.165, 1.54) is 12.8 Å². The Morgan fingerprint density at radius 3 is 2.64 bits per heavy atom. The van der Waals surface area contributed by atoms with Crippen LogP contribution in [-0.2, 0) is 4.79 Å². The van der Waals surface area contributed by atoms with E-state index >= 15 is 0 Å². The van der Waals surface area contributed by atoms with Crippen LogP contribution in [0, 0.1) is 5.92 Å². The van der Waals surface area contributed by atoms with E-state index in [4.69, 9.17) is 5.11 Å². The van der Waals surface area contributed by atoms with Gasteiger partial charge in [0, 0.05) is 26.1 Å². The van der Waals surface area contributed by atoms with Crippen molar-refractivity contribution in [3.8, 4) is 0 Å². The molecule has 1 aliphatic carbocycles. The second kappa shape index (κ2) is 5.35. The van der Waals surface area contributed by atoms with Gasteiger partial charge in [-0.25, -0.2) is 0 Å². The first-order chi connectivity index (χ1) is 6.66. The van der Waals surface area contributed by atoms with Gasteiger partial charge in [0.2, 0.25) is 5.91 Å². The summed E-state index contributed by atoms with van der Waals surface area (Å²) in [5, 5.41) is 8.60. The molecule has 3 heteroatoms. The average Bonchev–Trinajstić information content (AvgIpc) is 2.99. The van der Waals surface area contributed by atoms with Gasteiger partial charge in [-0.15, -0.1) is 0 Å². The van der Waals surface area contributed by atoms with Gasteiger partial charge in [-0.1, -0.05) is 0 Å². The zero-order chi connectivity index (χ0) is 10.6. The lowest BCUT2D eigenvalue weighted by Crippen LogP contribution is -2.36. The van der Waals surface area contributed by atoms with E-state index in [1.807, 2.05) is 11.9 Å². The maximum absolute atomic E-state index is 11.6. The number of unbranched alkanes of at least 4 members (excludes halogenated alkanes) is 1. The maximum atomic E-state index is 11.6. The van der Waals surface area contributed by atoms with Gasteiger partial charge in [0.1, 0.15) is 0 Å². The summed E-state index contributed by atoms with van der Waals surface area (Å²) in [4.78, 5) is 13.5. The maximum Gasteiger partial charge on any atom is 0.222 e. The first-order valence-corrected chi connectivity index (χ1v) is 5.53. The number of carbonyl (C=O) groups is 1. The lowest BCUT2D eigenvalue weighted by molar-refractivity contribution is -0.132. The average molecular weight is 199 g/mol. The Kier molecular flexibility index (Phi) is 4.39. The minimum Gasteiger partial charge on any atom is -0.396 e. The first kappa shape index (κ1) is 11.5. The van der Waals surface area contributed by atoms with Crippen LogP contribution >= 0.6 is 0 Å². The minimum absolute atomic E-state index is 0.190. The SMILES string of the molecule is CC(C1CC1)N(C)C(=O)CCCCO. The van der Waals surface area contributed by atoms with Gasteiger partial charge in [0.05, 0.1) is 0 Å². The molecule has 82 valence electrons. The molecule has 14 heavy (non-hydrogen) atoms. The number of aliphatic hydroxyl groups is 1.